The molecular formula is C15H18N2O2. The van der Waals surface area contributed by atoms with Crippen molar-refractivity contribution in [3.63, 3.8) is 0 Å². The van der Waals surface area contributed by atoms with Crippen LogP contribution < -0.4 is 10.5 Å². The molecule has 4 heteroatoms. The minimum Gasteiger partial charge on any atom is -0.497 e. The number of nitrogens with zero attached hydrogens (tertiary/aromatic N) is 1. The van der Waals surface area contributed by atoms with Gasteiger partial charge in [0.2, 0.25) is 0 Å². The van der Waals surface area contributed by atoms with Crippen molar-refractivity contribution in [3.8, 4) is 18.1 Å². The van der Waals surface area contributed by atoms with E-state index in [0.29, 0.717) is 19.5 Å². The first kappa shape index (κ1) is 13.4. The van der Waals surface area contributed by atoms with Gasteiger partial charge in [0.15, 0.2) is 0 Å². The number of benzene rings is 1. The van der Waals surface area contributed by atoms with Gasteiger partial charge < -0.3 is 15.4 Å². The second kappa shape index (κ2) is 5.77. The number of ether oxygens (including phenoxy) is 1. The molecule has 1 atom stereocenters. The van der Waals surface area contributed by atoms with Gasteiger partial charge in [0.25, 0.3) is 5.91 Å². The topological polar surface area (TPSA) is 55.6 Å². The monoisotopic (exact) mass is 258 g/mol. The van der Waals surface area contributed by atoms with Crippen molar-refractivity contribution in [3.05, 3.63) is 29.3 Å². The summed E-state index contributed by atoms with van der Waals surface area (Å²) in [6.45, 7) is 1.15. The van der Waals surface area contributed by atoms with E-state index < -0.39 is 0 Å². The average molecular weight is 258 g/mol. The zero-order valence-electron chi connectivity index (χ0n) is 11.1. The average Bonchev–Trinajstić information content (AvgIpc) is 2.46. The molecule has 1 amide bonds. The SMILES string of the molecule is C#CC(=O)N1CCc2cc(OC)ccc2C1CCN. The van der Waals surface area contributed by atoms with Gasteiger partial charge in [-0.1, -0.05) is 6.07 Å². The lowest BCUT2D eigenvalue weighted by Crippen LogP contribution is -2.40. The van der Waals surface area contributed by atoms with Crippen LogP contribution >= 0.6 is 0 Å². The molecule has 1 heterocycles. The first-order valence-corrected chi connectivity index (χ1v) is 6.35. The number of fused-ring (bicyclic) bond motifs is 1. The van der Waals surface area contributed by atoms with E-state index in [1.165, 1.54) is 5.56 Å². The molecule has 0 aliphatic carbocycles. The van der Waals surface area contributed by atoms with E-state index in [1.807, 2.05) is 18.2 Å². The Labute approximate surface area is 113 Å². The number of carbonyl (C=O) groups excluding carboxylic acids is 1. The van der Waals surface area contributed by atoms with E-state index in [9.17, 15) is 4.79 Å². The van der Waals surface area contributed by atoms with Crippen LogP contribution in [0.25, 0.3) is 0 Å². The molecule has 0 radical (unpaired) electrons. The first-order valence-electron chi connectivity index (χ1n) is 6.35. The fraction of sp³-hybridized carbons (Fsp3) is 0.400. The summed E-state index contributed by atoms with van der Waals surface area (Å²) < 4.78 is 5.23. The number of amides is 1. The minimum absolute atomic E-state index is 0.0248. The van der Waals surface area contributed by atoms with E-state index in [-0.39, 0.29) is 11.9 Å². The van der Waals surface area contributed by atoms with Gasteiger partial charge in [-0.2, -0.15) is 0 Å². The number of hydrogen-bond donors (Lipinski definition) is 1. The predicted molar refractivity (Wildman–Crippen MR) is 73.7 cm³/mol. The maximum Gasteiger partial charge on any atom is 0.298 e. The van der Waals surface area contributed by atoms with Crippen molar-refractivity contribution in [1.82, 2.24) is 4.90 Å². The van der Waals surface area contributed by atoms with E-state index in [1.54, 1.807) is 12.0 Å². The lowest BCUT2D eigenvalue weighted by molar-refractivity contribution is -0.128. The maximum absolute atomic E-state index is 11.8. The number of hydrogen-bond acceptors (Lipinski definition) is 3. The third-order valence-corrected chi connectivity index (χ3v) is 3.53. The highest BCUT2D eigenvalue weighted by atomic mass is 16.5. The third kappa shape index (κ3) is 2.56. The van der Waals surface area contributed by atoms with Crippen molar-refractivity contribution < 1.29 is 9.53 Å². The van der Waals surface area contributed by atoms with Crippen LogP contribution in [0.2, 0.25) is 0 Å². The summed E-state index contributed by atoms with van der Waals surface area (Å²) in [7, 11) is 1.65. The van der Waals surface area contributed by atoms with Gasteiger partial charge in [-0.3, -0.25) is 4.79 Å². The Bertz CT molecular complexity index is 519. The van der Waals surface area contributed by atoms with Crippen molar-refractivity contribution in [2.75, 3.05) is 20.2 Å². The predicted octanol–water partition coefficient (Wildman–Crippen LogP) is 1.10. The molecule has 100 valence electrons. The Hall–Kier alpha value is -1.99. The molecule has 19 heavy (non-hydrogen) atoms. The molecule has 0 aromatic heterocycles. The van der Waals surface area contributed by atoms with Gasteiger partial charge in [0, 0.05) is 6.54 Å². The largest absolute Gasteiger partial charge is 0.497 e. The van der Waals surface area contributed by atoms with E-state index in [2.05, 4.69) is 5.92 Å². The molecule has 2 N–H and O–H groups in total. The standard InChI is InChI=1S/C15H18N2O2/c1-3-15(18)17-9-7-11-10-12(19-2)4-5-13(11)14(17)6-8-16/h1,4-5,10,14H,6-9,16H2,2H3. The summed E-state index contributed by atoms with van der Waals surface area (Å²) in [5.41, 5.74) is 8.00. The van der Waals surface area contributed by atoms with E-state index in [4.69, 9.17) is 16.9 Å². The Morgan fingerprint density at radius 2 is 2.42 bits per heavy atom. The van der Waals surface area contributed by atoms with Crippen LogP contribution in [0, 0.1) is 12.3 Å². The van der Waals surface area contributed by atoms with Crippen molar-refractivity contribution in [2.45, 2.75) is 18.9 Å². The van der Waals surface area contributed by atoms with Crippen LogP contribution in [0.15, 0.2) is 18.2 Å². The van der Waals surface area contributed by atoms with Gasteiger partial charge in [0.05, 0.1) is 13.2 Å². The smallest absolute Gasteiger partial charge is 0.298 e. The van der Waals surface area contributed by atoms with Gasteiger partial charge in [-0.15, -0.1) is 6.42 Å². The van der Waals surface area contributed by atoms with Crippen molar-refractivity contribution >= 4 is 5.91 Å². The molecule has 1 aliphatic heterocycles. The molecule has 0 saturated heterocycles. The molecule has 1 unspecified atom stereocenters. The summed E-state index contributed by atoms with van der Waals surface area (Å²) >= 11 is 0. The summed E-state index contributed by atoms with van der Waals surface area (Å²) in [4.78, 5) is 13.5. The third-order valence-electron chi connectivity index (χ3n) is 3.53. The Morgan fingerprint density at radius 1 is 1.63 bits per heavy atom. The molecule has 2 rings (SSSR count). The second-order valence-electron chi connectivity index (χ2n) is 4.55. The Balaban J connectivity index is 2.38. The molecule has 0 bridgehead atoms. The van der Waals surface area contributed by atoms with E-state index >= 15 is 0 Å². The van der Waals surface area contributed by atoms with Crippen LogP contribution in [0.1, 0.15) is 23.6 Å². The molecule has 0 saturated carbocycles. The summed E-state index contributed by atoms with van der Waals surface area (Å²) in [5, 5.41) is 0. The minimum atomic E-state index is -0.264. The van der Waals surface area contributed by atoms with E-state index in [0.717, 1.165) is 17.7 Å². The molecule has 1 aromatic carbocycles. The van der Waals surface area contributed by atoms with Gasteiger partial charge in [0.1, 0.15) is 5.75 Å². The highest BCUT2D eigenvalue weighted by molar-refractivity contribution is 5.93. The maximum atomic E-state index is 11.8. The molecule has 1 aliphatic rings. The first-order chi connectivity index (χ1) is 9.21. The fourth-order valence-electron chi connectivity index (χ4n) is 2.61. The lowest BCUT2D eigenvalue weighted by Gasteiger charge is -2.36. The van der Waals surface area contributed by atoms with Crippen LogP contribution in [0.3, 0.4) is 0 Å². The van der Waals surface area contributed by atoms with Crippen LogP contribution in [-0.2, 0) is 11.2 Å². The van der Waals surface area contributed by atoms with Gasteiger partial charge >= 0.3 is 0 Å². The number of terminal acetylenes is 1. The van der Waals surface area contributed by atoms with Crippen LogP contribution in [0.4, 0.5) is 0 Å². The summed E-state index contributed by atoms with van der Waals surface area (Å²) in [6.07, 6.45) is 6.74. The highest BCUT2D eigenvalue weighted by Gasteiger charge is 2.29. The highest BCUT2D eigenvalue weighted by Crippen LogP contribution is 2.33. The normalized spacial score (nSPS) is 17.5. The molecular weight excluding hydrogens is 240 g/mol. The number of methoxy groups -OCH3 is 1. The quantitative estimate of drug-likeness (QED) is 0.826. The zero-order chi connectivity index (χ0) is 13.8. The van der Waals surface area contributed by atoms with Gasteiger partial charge in [-0.05, 0) is 48.6 Å². The molecule has 0 spiro atoms. The van der Waals surface area contributed by atoms with Crippen LogP contribution in [0.5, 0.6) is 5.75 Å². The zero-order valence-corrected chi connectivity index (χ0v) is 11.1. The second-order valence-corrected chi connectivity index (χ2v) is 4.55. The van der Waals surface area contributed by atoms with Crippen molar-refractivity contribution in [1.29, 1.82) is 0 Å². The Morgan fingerprint density at radius 3 is 3.05 bits per heavy atom. The number of nitrogens with two attached hydrogens (primary N) is 1. The number of rotatable bonds is 3. The fourth-order valence-corrected chi connectivity index (χ4v) is 2.61. The Kier molecular flexibility index (Phi) is 4.08. The lowest BCUT2D eigenvalue weighted by atomic mass is 9.90. The van der Waals surface area contributed by atoms with Crippen LogP contribution in [-0.4, -0.2) is 31.0 Å². The number of carbonyl (C=O) groups is 1. The summed E-state index contributed by atoms with van der Waals surface area (Å²) in [5.74, 6) is 2.77. The molecule has 4 nitrogen and oxygen atoms in total. The summed E-state index contributed by atoms with van der Waals surface area (Å²) in [6, 6.07) is 5.91. The molecule has 0 fully saturated rings. The van der Waals surface area contributed by atoms with Crippen molar-refractivity contribution in [2.24, 2.45) is 5.73 Å². The van der Waals surface area contributed by atoms with Gasteiger partial charge in [-0.25, -0.2) is 0 Å². The molecule has 1 aromatic rings.